The Hall–Kier alpha value is -3.05. The first-order chi connectivity index (χ1) is 17.7. The Labute approximate surface area is 212 Å². The monoisotopic (exact) mass is 517 g/mol. The van der Waals surface area contributed by atoms with Gasteiger partial charge >= 0.3 is 6.18 Å². The van der Waals surface area contributed by atoms with Gasteiger partial charge in [-0.25, -0.2) is 0 Å². The molecule has 3 fully saturated rings. The summed E-state index contributed by atoms with van der Waals surface area (Å²) in [6.07, 6.45) is 5.22. The summed E-state index contributed by atoms with van der Waals surface area (Å²) in [5.74, 6) is -0.558. The molecule has 1 aliphatic carbocycles. The minimum absolute atomic E-state index is 0.0265. The lowest BCUT2D eigenvalue weighted by atomic mass is 9.87. The van der Waals surface area contributed by atoms with Crippen molar-refractivity contribution in [1.29, 1.82) is 0 Å². The lowest BCUT2D eigenvalue weighted by Crippen LogP contribution is -2.48. The topological polar surface area (TPSA) is 96.9 Å². The van der Waals surface area contributed by atoms with E-state index in [-0.39, 0.29) is 30.5 Å². The van der Waals surface area contributed by atoms with Crippen LogP contribution in [0.15, 0.2) is 42.3 Å². The van der Waals surface area contributed by atoms with E-state index in [0.29, 0.717) is 35.7 Å². The molecule has 3 atom stereocenters. The number of rotatable bonds is 5. The van der Waals surface area contributed by atoms with Crippen LogP contribution in [0.3, 0.4) is 0 Å². The van der Waals surface area contributed by atoms with Crippen LogP contribution in [0.5, 0.6) is 0 Å². The number of aliphatic hydroxyl groups excluding tert-OH is 1. The highest BCUT2D eigenvalue weighted by atomic mass is 19.4. The zero-order valence-electron chi connectivity index (χ0n) is 20.3. The second-order valence-corrected chi connectivity index (χ2v) is 10.5. The van der Waals surface area contributed by atoms with Crippen LogP contribution in [-0.4, -0.2) is 64.9 Å². The maximum Gasteiger partial charge on any atom is 0.431 e. The number of amides is 1. The number of anilines is 2. The average molecular weight is 518 g/mol. The van der Waals surface area contributed by atoms with Gasteiger partial charge in [-0.3, -0.25) is 9.48 Å². The zero-order chi connectivity index (χ0) is 25.9. The van der Waals surface area contributed by atoms with Gasteiger partial charge in [0.15, 0.2) is 0 Å². The van der Waals surface area contributed by atoms with Crippen LogP contribution in [0.2, 0.25) is 0 Å². The molecule has 1 saturated carbocycles. The van der Waals surface area contributed by atoms with Crippen LogP contribution in [0, 0.1) is 5.92 Å². The van der Waals surface area contributed by atoms with Gasteiger partial charge in [-0.2, -0.15) is 18.3 Å². The molecular weight excluding hydrogens is 487 g/mol. The van der Waals surface area contributed by atoms with Crippen molar-refractivity contribution in [2.24, 2.45) is 11.7 Å². The van der Waals surface area contributed by atoms with Gasteiger partial charge < -0.3 is 25.4 Å². The highest BCUT2D eigenvalue weighted by Gasteiger charge is 2.46. The summed E-state index contributed by atoms with van der Waals surface area (Å²) in [5, 5.41) is 15.0. The average Bonchev–Trinajstić information content (AvgIpc) is 3.62. The Morgan fingerprint density at radius 2 is 1.95 bits per heavy atom. The highest BCUT2D eigenvalue weighted by Crippen LogP contribution is 2.45. The molecule has 198 valence electrons. The number of morpholine rings is 1. The van der Waals surface area contributed by atoms with E-state index in [1.165, 1.54) is 12.2 Å². The molecule has 6 rings (SSSR count). The number of fused-ring (bicyclic) bond motifs is 3. The van der Waals surface area contributed by atoms with E-state index >= 15 is 0 Å². The van der Waals surface area contributed by atoms with E-state index in [9.17, 15) is 23.1 Å². The van der Waals surface area contributed by atoms with E-state index in [1.54, 1.807) is 6.07 Å². The number of hydrogen-bond acceptors (Lipinski definition) is 6. The van der Waals surface area contributed by atoms with Gasteiger partial charge in [-0.15, -0.1) is 0 Å². The van der Waals surface area contributed by atoms with Crippen LogP contribution in [-0.2, 0) is 9.53 Å². The first kappa shape index (κ1) is 24.3. The molecule has 3 N–H and O–H groups in total. The molecule has 3 aliphatic heterocycles. The van der Waals surface area contributed by atoms with E-state index in [4.69, 9.17) is 15.6 Å². The van der Waals surface area contributed by atoms with Crippen molar-refractivity contribution in [2.75, 3.05) is 29.6 Å². The molecule has 8 nitrogen and oxygen atoms in total. The molecule has 1 aromatic heterocycles. The van der Waals surface area contributed by atoms with Crippen LogP contribution in [0.1, 0.15) is 38.1 Å². The minimum atomic E-state index is -4.69. The van der Waals surface area contributed by atoms with Gasteiger partial charge in [0.05, 0.1) is 41.7 Å². The second-order valence-electron chi connectivity index (χ2n) is 10.5. The fourth-order valence-electron chi connectivity index (χ4n) is 6.27. The van der Waals surface area contributed by atoms with E-state index < -0.39 is 23.8 Å². The Bertz CT molecular complexity index is 1260. The fraction of sp³-hybridized carbons (Fsp3) is 0.538. The summed E-state index contributed by atoms with van der Waals surface area (Å²) in [6, 6.07) is 2.47. The van der Waals surface area contributed by atoms with Crippen molar-refractivity contribution in [1.82, 2.24) is 9.78 Å². The van der Waals surface area contributed by atoms with Crippen LogP contribution in [0.25, 0.3) is 10.9 Å². The van der Waals surface area contributed by atoms with E-state index in [1.807, 2.05) is 16.9 Å². The molecule has 2 aromatic rings. The van der Waals surface area contributed by atoms with Crippen molar-refractivity contribution in [3.63, 3.8) is 0 Å². The number of carbonyl (C=O) groups is 1. The van der Waals surface area contributed by atoms with Gasteiger partial charge in [-0.1, -0.05) is 12.2 Å². The third-order valence-electron chi connectivity index (χ3n) is 8.20. The summed E-state index contributed by atoms with van der Waals surface area (Å²) in [7, 11) is 0. The third-order valence-corrected chi connectivity index (χ3v) is 8.20. The van der Waals surface area contributed by atoms with Crippen LogP contribution < -0.4 is 15.5 Å². The second kappa shape index (κ2) is 9.05. The lowest BCUT2D eigenvalue weighted by Gasteiger charge is -2.39. The molecular formula is C26H30F3N5O3. The van der Waals surface area contributed by atoms with Crippen molar-refractivity contribution in [3.05, 3.63) is 42.3 Å². The largest absolute Gasteiger partial charge is 0.431 e. The number of primary amides is 1. The smallest absolute Gasteiger partial charge is 0.396 e. The number of carbonyl (C=O) groups excluding carboxylic acids is 1. The molecule has 0 spiro atoms. The third kappa shape index (κ3) is 4.27. The van der Waals surface area contributed by atoms with Crippen molar-refractivity contribution in [3.8, 4) is 0 Å². The predicted octanol–water partition coefficient (Wildman–Crippen LogP) is 3.41. The predicted molar refractivity (Wildman–Crippen MR) is 132 cm³/mol. The molecule has 2 bridgehead atoms. The number of allylic oxidation sites excluding steroid dienone is 3. The number of hydrogen-bond donors (Lipinski definition) is 2. The molecule has 2 saturated heterocycles. The lowest BCUT2D eigenvalue weighted by molar-refractivity contribution is -0.119. The number of aromatic nitrogens is 2. The van der Waals surface area contributed by atoms with Gasteiger partial charge in [0.1, 0.15) is 11.7 Å². The standard InChI is InChI=1S/C26H30F3N5O3/c27-26(28,29)24-3-1-2-21(25(30)36)34(24)23-8-16-11-33(17-6-4-15(13-35)5-7-17)31-20(16)10-22(23)32-12-19-9-18(32)14-37-19/h1-3,8,10-11,15,17-19,21,35H,4-7,9,12-14H2,(H2,30,36)/t15?,17?,18-,19-,21?/m0/s1. The Morgan fingerprint density at radius 1 is 1.16 bits per heavy atom. The molecule has 4 aliphatic rings. The number of benzene rings is 1. The summed E-state index contributed by atoms with van der Waals surface area (Å²) < 4.78 is 50.3. The number of alkyl halides is 3. The summed E-state index contributed by atoms with van der Waals surface area (Å²) >= 11 is 0. The Balaban J connectivity index is 1.47. The first-order valence-corrected chi connectivity index (χ1v) is 12.8. The highest BCUT2D eigenvalue weighted by molar-refractivity contribution is 5.95. The SMILES string of the molecule is NC(=O)C1C=CC=C(C(F)(F)F)N1c1cc2cn(C3CCC(CO)CC3)nc2cc1N1C[C@@H]2C[C@H]1CO2. The Morgan fingerprint density at radius 3 is 2.57 bits per heavy atom. The van der Waals surface area contributed by atoms with Gasteiger partial charge in [0.2, 0.25) is 5.91 Å². The van der Waals surface area contributed by atoms with Gasteiger partial charge in [0.25, 0.3) is 0 Å². The number of halogens is 3. The molecule has 37 heavy (non-hydrogen) atoms. The summed E-state index contributed by atoms with van der Waals surface area (Å²) in [4.78, 5) is 15.5. The first-order valence-electron chi connectivity index (χ1n) is 12.8. The number of ether oxygens (including phenoxy) is 1. The van der Waals surface area contributed by atoms with Crippen LogP contribution in [0.4, 0.5) is 24.5 Å². The van der Waals surface area contributed by atoms with Crippen molar-refractivity contribution < 1.29 is 27.8 Å². The summed E-state index contributed by atoms with van der Waals surface area (Å²) in [6.45, 7) is 1.25. The quantitative estimate of drug-likeness (QED) is 0.631. The molecule has 1 amide bonds. The molecule has 1 unspecified atom stereocenters. The molecule has 11 heteroatoms. The van der Waals surface area contributed by atoms with Crippen molar-refractivity contribution in [2.45, 2.75) is 62.5 Å². The van der Waals surface area contributed by atoms with Crippen LogP contribution >= 0.6 is 0 Å². The minimum Gasteiger partial charge on any atom is -0.396 e. The fourth-order valence-corrected chi connectivity index (χ4v) is 6.27. The summed E-state index contributed by atoms with van der Waals surface area (Å²) in [5.41, 5.74) is 6.23. The van der Waals surface area contributed by atoms with E-state index in [0.717, 1.165) is 43.1 Å². The maximum absolute atomic E-state index is 14.2. The number of nitrogens with two attached hydrogens (primary N) is 1. The van der Waals surface area contributed by atoms with Gasteiger partial charge in [-0.05, 0) is 56.2 Å². The normalized spacial score (nSPS) is 29.8. The zero-order valence-corrected chi connectivity index (χ0v) is 20.3. The van der Waals surface area contributed by atoms with E-state index in [2.05, 4.69) is 4.90 Å². The Kier molecular flexibility index (Phi) is 5.95. The number of aliphatic hydroxyl groups is 1. The maximum atomic E-state index is 14.2. The van der Waals surface area contributed by atoms with Crippen molar-refractivity contribution >= 4 is 28.2 Å². The van der Waals surface area contributed by atoms with Gasteiger partial charge in [0, 0.05) is 24.7 Å². The number of nitrogens with zero attached hydrogens (tertiary/aromatic N) is 4. The molecule has 0 radical (unpaired) electrons. The molecule has 4 heterocycles. The molecule has 1 aromatic carbocycles.